The number of rotatable bonds is 6. The molecule has 0 N–H and O–H groups in total. The van der Waals surface area contributed by atoms with Crippen LogP contribution in [0.2, 0.25) is 0 Å². The molecule has 2 heterocycles. The maximum Gasteiger partial charge on any atom is 0.227 e. The lowest BCUT2D eigenvalue weighted by molar-refractivity contribution is -0.134. The second kappa shape index (κ2) is 7.99. The Bertz CT molecular complexity index is 779. The van der Waals surface area contributed by atoms with Crippen molar-refractivity contribution >= 4 is 17.5 Å². The lowest BCUT2D eigenvalue weighted by Crippen LogP contribution is -2.36. The first-order chi connectivity index (χ1) is 12.6. The summed E-state index contributed by atoms with van der Waals surface area (Å²) in [5.74, 6) is 0.368. The van der Waals surface area contributed by atoms with Crippen molar-refractivity contribution in [3.63, 3.8) is 0 Å². The SMILES string of the molecule is COc1cccc(N2CC(C(=O)N(C)CCc3ccncc3)CC2=O)c1. The number of ether oxygens (including phenoxy) is 1. The van der Waals surface area contributed by atoms with Crippen LogP contribution in [-0.2, 0) is 16.0 Å². The van der Waals surface area contributed by atoms with Crippen molar-refractivity contribution < 1.29 is 14.3 Å². The van der Waals surface area contributed by atoms with Crippen LogP contribution in [0.4, 0.5) is 5.69 Å². The Kier molecular flexibility index (Phi) is 5.51. The van der Waals surface area contributed by atoms with Gasteiger partial charge in [0.05, 0.1) is 13.0 Å². The molecule has 1 unspecified atom stereocenters. The molecule has 1 atom stereocenters. The second-order valence-electron chi connectivity index (χ2n) is 6.47. The molecule has 1 aliphatic rings. The summed E-state index contributed by atoms with van der Waals surface area (Å²) in [4.78, 5) is 32.5. The largest absolute Gasteiger partial charge is 0.497 e. The molecular formula is C20H23N3O3. The van der Waals surface area contributed by atoms with Crippen molar-refractivity contribution in [1.82, 2.24) is 9.88 Å². The standard InChI is InChI=1S/C20H23N3O3/c1-22(11-8-15-6-9-21-10-7-15)20(25)16-12-19(24)23(14-16)17-4-3-5-18(13-17)26-2/h3-7,9-10,13,16H,8,11-12,14H2,1-2H3. The van der Waals surface area contributed by atoms with Crippen molar-refractivity contribution in [3.05, 3.63) is 54.4 Å². The van der Waals surface area contributed by atoms with E-state index in [2.05, 4.69) is 4.98 Å². The van der Waals surface area contributed by atoms with Gasteiger partial charge in [-0.05, 0) is 36.2 Å². The molecular weight excluding hydrogens is 330 g/mol. The van der Waals surface area contributed by atoms with E-state index in [0.29, 0.717) is 18.8 Å². The van der Waals surface area contributed by atoms with Gasteiger partial charge in [0, 0.05) is 50.7 Å². The molecule has 2 aromatic rings. The number of nitrogens with zero attached hydrogens (tertiary/aromatic N) is 3. The van der Waals surface area contributed by atoms with E-state index in [1.54, 1.807) is 36.4 Å². The van der Waals surface area contributed by atoms with E-state index in [9.17, 15) is 9.59 Å². The fourth-order valence-corrected chi connectivity index (χ4v) is 3.17. The molecule has 0 radical (unpaired) electrons. The number of carbonyl (C=O) groups excluding carboxylic acids is 2. The molecule has 26 heavy (non-hydrogen) atoms. The van der Waals surface area contributed by atoms with E-state index in [0.717, 1.165) is 17.7 Å². The first kappa shape index (κ1) is 17.9. The van der Waals surface area contributed by atoms with Gasteiger partial charge in [-0.15, -0.1) is 0 Å². The quantitative estimate of drug-likeness (QED) is 0.798. The molecule has 6 nitrogen and oxygen atoms in total. The molecule has 136 valence electrons. The minimum atomic E-state index is -0.309. The molecule has 1 aliphatic heterocycles. The normalized spacial score (nSPS) is 16.6. The zero-order valence-corrected chi connectivity index (χ0v) is 15.1. The number of pyridine rings is 1. The number of hydrogen-bond acceptors (Lipinski definition) is 4. The van der Waals surface area contributed by atoms with Gasteiger partial charge >= 0.3 is 0 Å². The summed E-state index contributed by atoms with van der Waals surface area (Å²) >= 11 is 0. The molecule has 0 bridgehead atoms. The van der Waals surface area contributed by atoms with Gasteiger partial charge in [-0.2, -0.15) is 0 Å². The number of amides is 2. The third kappa shape index (κ3) is 4.02. The molecule has 0 aliphatic carbocycles. The minimum Gasteiger partial charge on any atom is -0.497 e. The summed E-state index contributed by atoms with van der Waals surface area (Å²) < 4.78 is 5.22. The Hall–Kier alpha value is -2.89. The molecule has 1 saturated heterocycles. The van der Waals surface area contributed by atoms with Crippen LogP contribution in [0.3, 0.4) is 0 Å². The van der Waals surface area contributed by atoms with E-state index in [-0.39, 0.29) is 24.2 Å². The molecule has 3 rings (SSSR count). The lowest BCUT2D eigenvalue weighted by Gasteiger charge is -2.21. The zero-order chi connectivity index (χ0) is 18.5. The Balaban J connectivity index is 1.61. The van der Waals surface area contributed by atoms with E-state index in [1.165, 1.54) is 0 Å². The molecule has 0 saturated carbocycles. The van der Waals surface area contributed by atoms with Crippen molar-refractivity contribution in [2.45, 2.75) is 12.8 Å². The average Bonchev–Trinajstić information content (AvgIpc) is 3.08. The van der Waals surface area contributed by atoms with Crippen LogP contribution in [0.25, 0.3) is 0 Å². The van der Waals surface area contributed by atoms with Gasteiger partial charge in [0.15, 0.2) is 0 Å². The number of aromatic nitrogens is 1. The monoisotopic (exact) mass is 353 g/mol. The smallest absolute Gasteiger partial charge is 0.227 e. The van der Waals surface area contributed by atoms with E-state index < -0.39 is 0 Å². The van der Waals surface area contributed by atoms with Gasteiger partial charge < -0.3 is 14.5 Å². The van der Waals surface area contributed by atoms with Crippen molar-refractivity contribution in [2.24, 2.45) is 5.92 Å². The van der Waals surface area contributed by atoms with Gasteiger partial charge in [-0.25, -0.2) is 0 Å². The Morgan fingerprint density at radius 1 is 1.31 bits per heavy atom. The number of benzene rings is 1. The highest BCUT2D eigenvalue weighted by molar-refractivity contribution is 6.00. The minimum absolute atomic E-state index is 0.0119. The number of likely N-dealkylation sites (N-methyl/N-ethyl adjacent to an activating group) is 1. The van der Waals surface area contributed by atoms with Crippen LogP contribution in [0, 0.1) is 5.92 Å². The topological polar surface area (TPSA) is 62.7 Å². The highest BCUT2D eigenvalue weighted by Crippen LogP contribution is 2.28. The van der Waals surface area contributed by atoms with Crippen molar-refractivity contribution in [1.29, 1.82) is 0 Å². The van der Waals surface area contributed by atoms with Crippen LogP contribution in [0.15, 0.2) is 48.8 Å². The van der Waals surface area contributed by atoms with Gasteiger partial charge in [-0.1, -0.05) is 6.07 Å². The molecule has 0 spiro atoms. The highest BCUT2D eigenvalue weighted by atomic mass is 16.5. The van der Waals surface area contributed by atoms with Gasteiger partial charge in [0.2, 0.25) is 11.8 Å². The van der Waals surface area contributed by atoms with Gasteiger partial charge in [0.1, 0.15) is 5.75 Å². The Morgan fingerprint density at radius 2 is 2.08 bits per heavy atom. The van der Waals surface area contributed by atoms with Crippen LogP contribution >= 0.6 is 0 Å². The van der Waals surface area contributed by atoms with Crippen LogP contribution in [0.5, 0.6) is 5.75 Å². The first-order valence-electron chi connectivity index (χ1n) is 8.67. The summed E-state index contributed by atoms with van der Waals surface area (Å²) in [6, 6.07) is 11.2. The van der Waals surface area contributed by atoms with E-state index >= 15 is 0 Å². The molecule has 1 fully saturated rings. The van der Waals surface area contributed by atoms with Gasteiger partial charge in [0.25, 0.3) is 0 Å². The third-order valence-corrected chi connectivity index (χ3v) is 4.70. The predicted molar refractivity (Wildman–Crippen MR) is 99.0 cm³/mol. The highest BCUT2D eigenvalue weighted by Gasteiger charge is 2.36. The lowest BCUT2D eigenvalue weighted by atomic mass is 10.1. The van der Waals surface area contributed by atoms with Crippen LogP contribution in [-0.4, -0.2) is 48.9 Å². The number of carbonyl (C=O) groups is 2. The number of anilines is 1. The average molecular weight is 353 g/mol. The second-order valence-corrected chi connectivity index (χ2v) is 6.47. The number of hydrogen-bond donors (Lipinski definition) is 0. The van der Waals surface area contributed by atoms with Crippen molar-refractivity contribution in [3.8, 4) is 5.75 Å². The Labute approximate surface area is 153 Å². The fraction of sp³-hybridized carbons (Fsp3) is 0.350. The van der Waals surface area contributed by atoms with Crippen LogP contribution < -0.4 is 9.64 Å². The summed E-state index contributed by atoms with van der Waals surface area (Å²) in [7, 11) is 3.39. The summed E-state index contributed by atoms with van der Waals surface area (Å²) in [6.45, 7) is 1.02. The predicted octanol–water partition coefficient (Wildman–Crippen LogP) is 2.14. The van der Waals surface area contributed by atoms with E-state index in [1.807, 2.05) is 36.4 Å². The maximum absolute atomic E-state index is 12.7. The summed E-state index contributed by atoms with van der Waals surface area (Å²) in [5, 5.41) is 0. The third-order valence-electron chi connectivity index (χ3n) is 4.70. The zero-order valence-electron chi connectivity index (χ0n) is 15.1. The van der Waals surface area contributed by atoms with Crippen LogP contribution in [0.1, 0.15) is 12.0 Å². The Morgan fingerprint density at radius 3 is 2.81 bits per heavy atom. The first-order valence-corrected chi connectivity index (χ1v) is 8.67. The molecule has 1 aromatic heterocycles. The van der Waals surface area contributed by atoms with Gasteiger partial charge in [-0.3, -0.25) is 14.6 Å². The maximum atomic E-state index is 12.7. The molecule has 6 heteroatoms. The fourth-order valence-electron chi connectivity index (χ4n) is 3.17. The molecule has 1 aromatic carbocycles. The summed E-state index contributed by atoms with van der Waals surface area (Å²) in [6.07, 6.45) is 4.51. The number of methoxy groups -OCH3 is 1. The molecule has 2 amide bonds. The summed E-state index contributed by atoms with van der Waals surface area (Å²) in [5.41, 5.74) is 1.91. The van der Waals surface area contributed by atoms with Crippen molar-refractivity contribution in [2.75, 3.05) is 32.1 Å². The van der Waals surface area contributed by atoms with E-state index in [4.69, 9.17) is 4.74 Å².